The third kappa shape index (κ3) is 3.00. The van der Waals surface area contributed by atoms with E-state index in [1.54, 1.807) is 6.21 Å². The van der Waals surface area contributed by atoms with Gasteiger partial charge >= 0.3 is 0 Å². The third-order valence-corrected chi connectivity index (χ3v) is 2.19. The average Bonchev–Trinajstić information content (AvgIpc) is 1.99. The maximum absolute atomic E-state index is 7.10. The molecule has 0 saturated carbocycles. The van der Waals surface area contributed by atoms with E-state index in [2.05, 4.69) is 20.8 Å². The summed E-state index contributed by atoms with van der Waals surface area (Å²) in [5, 5.41) is 7.10. The normalized spacial score (nSPS) is 16.3. The molecule has 0 aliphatic heterocycles. The van der Waals surface area contributed by atoms with Crippen LogP contribution in [0.15, 0.2) is 0 Å². The van der Waals surface area contributed by atoms with Gasteiger partial charge in [-0.3, -0.25) is 0 Å². The highest BCUT2D eigenvalue weighted by molar-refractivity contribution is 5.56. The van der Waals surface area contributed by atoms with Gasteiger partial charge < -0.3 is 5.41 Å². The van der Waals surface area contributed by atoms with Gasteiger partial charge in [0.2, 0.25) is 0 Å². The van der Waals surface area contributed by atoms with Crippen molar-refractivity contribution in [3.8, 4) is 0 Å². The summed E-state index contributed by atoms with van der Waals surface area (Å²) in [7, 11) is 0. The molecular formula is C9H19N. The van der Waals surface area contributed by atoms with Gasteiger partial charge in [-0.05, 0) is 18.1 Å². The first kappa shape index (κ1) is 9.67. The van der Waals surface area contributed by atoms with E-state index >= 15 is 0 Å². The van der Waals surface area contributed by atoms with Gasteiger partial charge in [-0.15, -0.1) is 0 Å². The number of nitrogens with one attached hydrogen (secondary N) is 1. The smallest absolute Gasteiger partial charge is 0.00167 e. The minimum absolute atomic E-state index is 0.477. The van der Waals surface area contributed by atoms with E-state index in [9.17, 15) is 0 Å². The van der Waals surface area contributed by atoms with E-state index in [-0.39, 0.29) is 0 Å². The molecule has 60 valence electrons. The molecule has 0 amide bonds. The van der Waals surface area contributed by atoms with Crippen molar-refractivity contribution >= 4 is 6.21 Å². The van der Waals surface area contributed by atoms with Crippen molar-refractivity contribution in [2.24, 2.45) is 11.8 Å². The molecule has 0 spiro atoms. The van der Waals surface area contributed by atoms with Crippen LogP contribution in [-0.4, -0.2) is 6.21 Å². The van der Waals surface area contributed by atoms with Crippen molar-refractivity contribution in [1.29, 1.82) is 5.41 Å². The van der Waals surface area contributed by atoms with Crippen molar-refractivity contribution in [2.75, 3.05) is 0 Å². The Kier molecular flexibility index (Phi) is 5.27. The summed E-state index contributed by atoms with van der Waals surface area (Å²) >= 11 is 0. The summed E-state index contributed by atoms with van der Waals surface area (Å²) in [5.74, 6) is 1.22. The van der Waals surface area contributed by atoms with Crippen molar-refractivity contribution in [1.82, 2.24) is 0 Å². The first-order chi connectivity index (χ1) is 4.76. The Morgan fingerprint density at radius 2 is 2.00 bits per heavy atom. The molecule has 0 rings (SSSR count). The van der Waals surface area contributed by atoms with E-state index in [0.717, 1.165) is 5.92 Å². The molecule has 1 heteroatoms. The van der Waals surface area contributed by atoms with Crippen LogP contribution >= 0.6 is 0 Å². The maximum atomic E-state index is 7.10. The van der Waals surface area contributed by atoms with E-state index in [1.165, 1.54) is 19.3 Å². The molecule has 0 aliphatic carbocycles. The fourth-order valence-corrected chi connectivity index (χ4v) is 1.35. The molecular weight excluding hydrogens is 122 g/mol. The molecule has 1 N–H and O–H groups in total. The van der Waals surface area contributed by atoms with Gasteiger partial charge in [0.25, 0.3) is 0 Å². The van der Waals surface area contributed by atoms with Crippen LogP contribution in [-0.2, 0) is 0 Å². The summed E-state index contributed by atoms with van der Waals surface area (Å²) in [5.41, 5.74) is 0. The quantitative estimate of drug-likeness (QED) is 0.569. The van der Waals surface area contributed by atoms with E-state index in [4.69, 9.17) is 5.41 Å². The topological polar surface area (TPSA) is 23.9 Å². The highest BCUT2D eigenvalue weighted by Gasteiger charge is 2.10. The van der Waals surface area contributed by atoms with Crippen molar-refractivity contribution in [3.05, 3.63) is 0 Å². The Labute approximate surface area is 64.3 Å². The van der Waals surface area contributed by atoms with Gasteiger partial charge in [-0.2, -0.15) is 0 Å². The predicted octanol–water partition coefficient (Wildman–Crippen LogP) is 3.10. The maximum Gasteiger partial charge on any atom is -0.00167 e. The minimum atomic E-state index is 0.477. The molecule has 0 radical (unpaired) electrons. The lowest BCUT2D eigenvalue weighted by Gasteiger charge is -2.17. The Hall–Kier alpha value is -0.330. The van der Waals surface area contributed by atoms with Gasteiger partial charge in [0.05, 0.1) is 0 Å². The van der Waals surface area contributed by atoms with Gasteiger partial charge in [0, 0.05) is 0 Å². The molecule has 0 aromatic heterocycles. The molecule has 0 heterocycles. The molecule has 0 aliphatic rings. The fourth-order valence-electron chi connectivity index (χ4n) is 1.35. The van der Waals surface area contributed by atoms with E-state index in [1.807, 2.05) is 0 Å². The Bertz CT molecular complexity index is 88.7. The Balaban J connectivity index is 3.67. The molecule has 10 heavy (non-hydrogen) atoms. The van der Waals surface area contributed by atoms with Crippen LogP contribution in [0, 0.1) is 17.2 Å². The fraction of sp³-hybridized carbons (Fsp3) is 0.889. The summed E-state index contributed by atoms with van der Waals surface area (Å²) in [6.45, 7) is 6.55. The molecule has 2 unspecified atom stereocenters. The van der Waals surface area contributed by atoms with Crippen LogP contribution in [0.2, 0.25) is 0 Å². The summed E-state index contributed by atoms with van der Waals surface area (Å²) in [4.78, 5) is 0. The third-order valence-electron chi connectivity index (χ3n) is 2.19. The summed E-state index contributed by atoms with van der Waals surface area (Å²) < 4.78 is 0. The standard InChI is InChI=1S/C9H19N/c1-4-6-9(5-2)8(3)7-10/h7-10H,4-6H2,1-3H3. The van der Waals surface area contributed by atoms with Crippen LogP contribution in [0.3, 0.4) is 0 Å². The molecule has 0 saturated heterocycles. The summed E-state index contributed by atoms with van der Waals surface area (Å²) in [6, 6.07) is 0. The number of hydrogen-bond donors (Lipinski definition) is 1. The zero-order valence-corrected chi connectivity index (χ0v) is 7.35. The monoisotopic (exact) mass is 141 g/mol. The SMILES string of the molecule is CCCC(CC)C(C)C=N. The largest absolute Gasteiger partial charge is 0.313 e. The first-order valence-electron chi connectivity index (χ1n) is 4.26. The van der Waals surface area contributed by atoms with Crippen molar-refractivity contribution < 1.29 is 0 Å². The zero-order chi connectivity index (χ0) is 7.98. The molecule has 0 fully saturated rings. The second-order valence-electron chi connectivity index (χ2n) is 2.98. The van der Waals surface area contributed by atoms with E-state index < -0.39 is 0 Å². The second kappa shape index (κ2) is 5.45. The van der Waals surface area contributed by atoms with Crippen molar-refractivity contribution in [2.45, 2.75) is 40.0 Å². The Morgan fingerprint density at radius 1 is 1.40 bits per heavy atom. The van der Waals surface area contributed by atoms with Crippen LogP contribution < -0.4 is 0 Å². The van der Waals surface area contributed by atoms with Crippen LogP contribution in [0.4, 0.5) is 0 Å². The highest BCUT2D eigenvalue weighted by Crippen LogP contribution is 2.18. The Morgan fingerprint density at radius 3 is 2.30 bits per heavy atom. The molecule has 1 nitrogen and oxygen atoms in total. The van der Waals surface area contributed by atoms with Crippen molar-refractivity contribution in [3.63, 3.8) is 0 Å². The predicted molar refractivity (Wildman–Crippen MR) is 46.6 cm³/mol. The van der Waals surface area contributed by atoms with E-state index in [0.29, 0.717) is 5.92 Å². The van der Waals surface area contributed by atoms with Gasteiger partial charge in [-0.25, -0.2) is 0 Å². The first-order valence-corrected chi connectivity index (χ1v) is 4.26. The highest BCUT2D eigenvalue weighted by atomic mass is 14.4. The zero-order valence-electron chi connectivity index (χ0n) is 7.35. The van der Waals surface area contributed by atoms with Gasteiger partial charge in [0.15, 0.2) is 0 Å². The van der Waals surface area contributed by atoms with Gasteiger partial charge in [0.1, 0.15) is 0 Å². The van der Waals surface area contributed by atoms with Crippen LogP contribution in [0.25, 0.3) is 0 Å². The number of rotatable bonds is 5. The molecule has 0 aromatic rings. The second-order valence-corrected chi connectivity index (χ2v) is 2.98. The molecule has 2 atom stereocenters. The molecule has 0 bridgehead atoms. The van der Waals surface area contributed by atoms with Crippen LogP contribution in [0.1, 0.15) is 40.0 Å². The summed E-state index contributed by atoms with van der Waals surface area (Å²) in [6.07, 6.45) is 5.30. The van der Waals surface area contributed by atoms with Crippen LogP contribution in [0.5, 0.6) is 0 Å². The lowest BCUT2D eigenvalue weighted by Crippen LogP contribution is -2.11. The minimum Gasteiger partial charge on any atom is -0.313 e. The average molecular weight is 141 g/mol. The lowest BCUT2D eigenvalue weighted by atomic mass is 9.89. The number of hydrogen-bond acceptors (Lipinski definition) is 1. The van der Waals surface area contributed by atoms with Gasteiger partial charge in [-0.1, -0.05) is 40.0 Å². The molecule has 0 aromatic carbocycles. The lowest BCUT2D eigenvalue weighted by molar-refractivity contribution is 0.398.